The molecule has 0 unspecified atom stereocenters. The number of furan rings is 1. The summed E-state index contributed by atoms with van der Waals surface area (Å²) >= 11 is 8.84. The molecule has 2 rings (SSSR count). The second-order valence-electron chi connectivity index (χ2n) is 2.92. The third-order valence-corrected chi connectivity index (χ3v) is 2.46. The van der Waals surface area contributed by atoms with Crippen molar-refractivity contribution in [1.82, 2.24) is 4.98 Å². The summed E-state index contributed by atoms with van der Waals surface area (Å²) in [5.74, 6) is 0.191. The Balaban J connectivity index is 2.13. The minimum Gasteiger partial charge on any atom is -0.440 e. The molecule has 2 aromatic heterocycles. The highest BCUT2D eigenvalue weighted by Gasteiger charge is 2.11. The average molecular weight is 302 g/mol. The van der Waals surface area contributed by atoms with Gasteiger partial charge in [0, 0.05) is 10.7 Å². The fraction of sp³-hybridized carbons (Fsp3) is 0. The summed E-state index contributed by atoms with van der Waals surface area (Å²) in [7, 11) is 0. The summed E-state index contributed by atoms with van der Waals surface area (Å²) < 4.78 is 5.79. The lowest BCUT2D eigenvalue weighted by atomic mass is 10.4. The highest BCUT2D eigenvalue weighted by atomic mass is 79.9. The number of carbonyl (C=O) groups excluding carboxylic acids is 1. The van der Waals surface area contributed by atoms with Crippen LogP contribution < -0.4 is 5.32 Å². The predicted molar refractivity (Wildman–Crippen MR) is 63.6 cm³/mol. The van der Waals surface area contributed by atoms with E-state index in [-0.39, 0.29) is 11.0 Å². The molecule has 0 atom stereocenters. The molecule has 1 N–H and O–H groups in total. The lowest BCUT2D eigenvalue weighted by molar-refractivity contribution is 0.0996. The zero-order valence-corrected chi connectivity index (χ0v) is 10.2. The van der Waals surface area contributed by atoms with Crippen LogP contribution in [0.1, 0.15) is 10.6 Å². The number of nitrogens with zero attached hydrogens (tertiary/aromatic N) is 1. The highest BCUT2D eigenvalue weighted by molar-refractivity contribution is 9.10. The molecule has 2 heterocycles. The smallest absolute Gasteiger partial charge is 0.292 e. The van der Waals surface area contributed by atoms with Crippen molar-refractivity contribution in [2.45, 2.75) is 0 Å². The number of aromatic nitrogens is 1. The van der Waals surface area contributed by atoms with Crippen LogP contribution in [0.5, 0.6) is 0 Å². The van der Waals surface area contributed by atoms with Crippen molar-refractivity contribution in [1.29, 1.82) is 0 Å². The molecule has 0 aliphatic carbocycles. The number of pyridine rings is 1. The van der Waals surface area contributed by atoms with E-state index in [0.717, 1.165) is 4.47 Å². The Bertz CT molecular complexity index is 527. The molecule has 16 heavy (non-hydrogen) atoms. The molecular weight excluding hydrogens is 295 g/mol. The number of hydrogen-bond acceptors (Lipinski definition) is 3. The van der Waals surface area contributed by atoms with Gasteiger partial charge in [0.05, 0.1) is 0 Å². The minimum absolute atomic E-state index is 0.145. The van der Waals surface area contributed by atoms with Crippen molar-refractivity contribution < 1.29 is 9.21 Å². The zero-order valence-electron chi connectivity index (χ0n) is 7.91. The van der Waals surface area contributed by atoms with Crippen LogP contribution in [0, 0.1) is 0 Å². The molecule has 0 aromatic carbocycles. The Morgan fingerprint density at radius 1 is 1.44 bits per heavy atom. The maximum atomic E-state index is 11.6. The normalized spacial score (nSPS) is 10.1. The maximum absolute atomic E-state index is 11.6. The van der Waals surface area contributed by atoms with E-state index in [0.29, 0.717) is 5.82 Å². The number of carbonyl (C=O) groups is 1. The maximum Gasteiger partial charge on any atom is 0.292 e. The Kier molecular flexibility index (Phi) is 3.26. The number of nitrogens with one attached hydrogen (secondary N) is 1. The zero-order chi connectivity index (χ0) is 11.5. The quantitative estimate of drug-likeness (QED) is 0.925. The summed E-state index contributed by atoms with van der Waals surface area (Å²) in [6.07, 6.45) is 1.58. The largest absolute Gasteiger partial charge is 0.440 e. The van der Waals surface area contributed by atoms with Gasteiger partial charge < -0.3 is 9.73 Å². The SMILES string of the molecule is O=C(Nc1cc(Br)ccn1)c1ccc(Cl)o1. The lowest BCUT2D eigenvalue weighted by Gasteiger charge is -2.01. The fourth-order valence-corrected chi connectivity index (χ4v) is 1.57. The van der Waals surface area contributed by atoms with Gasteiger partial charge in [-0.1, -0.05) is 15.9 Å². The van der Waals surface area contributed by atoms with Gasteiger partial charge in [-0.15, -0.1) is 0 Å². The van der Waals surface area contributed by atoms with Crippen LogP contribution in [0.25, 0.3) is 0 Å². The summed E-state index contributed by atoms with van der Waals surface area (Å²) in [6.45, 7) is 0. The predicted octanol–water partition coefficient (Wildman–Crippen LogP) is 3.34. The second-order valence-corrected chi connectivity index (χ2v) is 4.21. The first-order valence-electron chi connectivity index (χ1n) is 4.33. The molecule has 0 saturated carbocycles. The van der Waals surface area contributed by atoms with Crippen LogP contribution in [0.4, 0.5) is 5.82 Å². The van der Waals surface area contributed by atoms with Crippen LogP contribution in [-0.2, 0) is 0 Å². The molecule has 0 aliphatic rings. The number of anilines is 1. The average Bonchev–Trinajstić information content (AvgIpc) is 2.65. The van der Waals surface area contributed by atoms with E-state index >= 15 is 0 Å². The van der Waals surface area contributed by atoms with E-state index in [1.54, 1.807) is 18.3 Å². The monoisotopic (exact) mass is 300 g/mol. The van der Waals surface area contributed by atoms with Gasteiger partial charge in [-0.2, -0.15) is 0 Å². The van der Waals surface area contributed by atoms with Gasteiger partial charge in [-0.25, -0.2) is 4.98 Å². The van der Waals surface area contributed by atoms with Crippen molar-refractivity contribution in [2.24, 2.45) is 0 Å². The molecule has 0 bridgehead atoms. The van der Waals surface area contributed by atoms with Crippen LogP contribution in [0.3, 0.4) is 0 Å². The molecule has 0 saturated heterocycles. The third-order valence-electron chi connectivity index (χ3n) is 1.76. The fourth-order valence-electron chi connectivity index (χ4n) is 1.09. The third kappa shape index (κ3) is 2.62. The van der Waals surface area contributed by atoms with Crippen LogP contribution in [0.15, 0.2) is 39.4 Å². The second kappa shape index (κ2) is 4.67. The molecule has 4 nitrogen and oxygen atoms in total. The molecule has 6 heteroatoms. The van der Waals surface area contributed by atoms with Gasteiger partial charge >= 0.3 is 0 Å². The Labute approximate surface area is 105 Å². The number of rotatable bonds is 2. The first-order chi connectivity index (χ1) is 7.65. The Morgan fingerprint density at radius 2 is 2.25 bits per heavy atom. The summed E-state index contributed by atoms with van der Waals surface area (Å²) in [5.41, 5.74) is 0. The van der Waals surface area contributed by atoms with Crippen molar-refractivity contribution >= 4 is 39.3 Å². The van der Waals surface area contributed by atoms with Crippen molar-refractivity contribution in [2.75, 3.05) is 5.32 Å². The number of hydrogen-bond donors (Lipinski definition) is 1. The van der Waals surface area contributed by atoms with Gasteiger partial charge in [-0.05, 0) is 35.9 Å². The topological polar surface area (TPSA) is 55.1 Å². The van der Waals surface area contributed by atoms with E-state index in [4.69, 9.17) is 16.0 Å². The summed E-state index contributed by atoms with van der Waals surface area (Å²) in [5, 5.41) is 2.75. The Morgan fingerprint density at radius 3 is 2.88 bits per heavy atom. The van der Waals surface area contributed by atoms with Crippen LogP contribution in [0.2, 0.25) is 5.22 Å². The molecule has 82 valence electrons. The van der Waals surface area contributed by atoms with E-state index < -0.39 is 5.91 Å². The van der Waals surface area contributed by atoms with Crippen molar-refractivity contribution in [3.63, 3.8) is 0 Å². The van der Waals surface area contributed by atoms with Crippen molar-refractivity contribution in [3.05, 3.63) is 45.9 Å². The molecule has 0 spiro atoms. The molecule has 2 aromatic rings. The van der Waals surface area contributed by atoms with E-state index in [1.807, 2.05) is 0 Å². The molecule has 0 radical (unpaired) electrons. The molecule has 0 fully saturated rings. The first-order valence-corrected chi connectivity index (χ1v) is 5.50. The van der Waals surface area contributed by atoms with Crippen LogP contribution in [-0.4, -0.2) is 10.9 Å². The van der Waals surface area contributed by atoms with Crippen molar-refractivity contribution in [3.8, 4) is 0 Å². The highest BCUT2D eigenvalue weighted by Crippen LogP contribution is 2.16. The van der Waals surface area contributed by atoms with E-state index in [1.165, 1.54) is 12.1 Å². The summed E-state index contributed by atoms with van der Waals surface area (Å²) in [4.78, 5) is 15.6. The standard InChI is InChI=1S/C10H6BrClN2O2/c11-6-3-4-13-9(5-6)14-10(15)7-1-2-8(12)16-7/h1-5H,(H,13,14,15). The summed E-state index contributed by atoms with van der Waals surface area (Å²) in [6, 6.07) is 6.45. The first kappa shape index (κ1) is 11.2. The van der Waals surface area contributed by atoms with Gasteiger partial charge in [0.1, 0.15) is 5.82 Å². The lowest BCUT2D eigenvalue weighted by Crippen LogP contribution is -2.11. The molecule has 1 amide bonds. The van der Waals surface area contributed by atoms with Gasteiger partial charge in [0.25, 0.3) is 5.91 Å². The van der Waals surface area contributed by atoms with Gasteiger partial charge in [-0.3, -0.25) is 4.79 Å². The van der Waals surface area contributed by atoms with E-state index in [9.17, 15) is 4.79 Å². The van der Waals surface area contributed by atoms with Gasteiger partial charge in [0.15, 0.2) is 11.0 Å². The molecular formula is C10H6BrClN2O2. The number of amides is 1. The molecule has 0 aliphatic heterocycles. The number of halogens is 2. The van der Waals surface area contributed by atoms with E-state index in [2.05, 4.69) is 26.2 Å². The van der Waals surface area contributed by atoms with Gasteiger partial charge in [0.2, 0.25) is 0 Å². The Hall–Kier alpha value is -1.33. The minimum atomic E-state index is -0.391. The van der Waals surface area contributed by atoms with Crippen LogP contribution >= 0.6 is 27.5 Å².